The standard InChI is InChI=1S/C18H19N3O2/c19-7-6-18-20-14-10-16-17(23-9-8-22-16)11-15(14)21(18)12-13-4-2-1-3-5-13/h1-5,10-11H,6-9,12,19H2. The molecule has 1 aromatic heterocycles. The summed E-state index contributed by atoms with van der Waals surface area (Å²) in [7, 11) is 0. The van der Waals surface area contributed by atoms with Crippen LogP contribution in [0.25, 0.3) is 11.0 Å². The first kappa shape index (κ1) is 14.1. The minimum atomic E-state index is 0.574. The summed E-state index contributed by atoms with van der Waals surface area (Å²) < 4.78 is 13.6. The number of aromatic nitrogens is 2. The zero-order chi connectivity index (χ0) is 15.6. The molecule has 4 rings (SSSR count). The Bertz CT molecular complexity index is 827. The summed E-state index contributed by atoms with van der Waals surface area (Å²) in [5, 5.41) is 0. The maximum Gasteiger partial charge on any atom is 0.163 e. The zero-order valence-electron chi connectivity index (χ0n) is 12.9. The molecule has 0 atom stereocenters. The Hall–Kier alpha value is -2.53. The number of nitrogens with zero attached hydrogens (tertiary/aromatic N) is 2. The number of nitrogens with two attached hydrogens (primary N) is 1. The van der Waals surface area contributed by atoms with Gasteiger partial charge in [0.15, 0.2) is 11.5 Å². The highest BCUT2D eigenvalue weighted by Gasteiger charge is 2.18. The molecule has 0 bridgehead atoms. The Morgan fingerprint density at radius 1 is 1.04 bits per heavy atom. The molecule has 5 heteroatoms. The quantitative estimate of drug-likeness (QED) is 0.803. The van der Waals surface area contributed by atoms with Crippen LogP contribution in [0.15, 0.2) is 42.5 Å². The average molecular weight is 309 g/mol. The van der Waals surface area contributed by atoms with E-state index in [1.54, 1.807) is 0 Å². The van der Waals surface area contributed by atoms with Gasteiger partial charge in [0, 0.05) is 25.1 Å². The van der Waals surface area contributed by atoms with Gasteiger partial charge in [0.25, 0.3) is 0 Å². The first-order chi connectivity index (χ1) is 11.3. The third-order valence-electron chi connectivity index (χ3n) is 4.04. The number of hydrogen-bond donors (Lipinski definition) is 1. The van der Waals surface area contributed by atoms with Crippen LogP contribution in [-0.2, 0) is 13.0 Å². The van der Waals surface area contributed by atoms with E-state index in [2.05, 4.69) is 28.8 Å². The molecule has 0 saturated heterocycles. The molecule has 5 nitrogen and oxygen atoms in total. The summed E-state index contributed by atoms with van der Waals surface area (Å²) in [6, 6.07) is 14.4. The van der Waals surface area contributed by atoms with Crippen molar-refractivity contribution in [2.24, 2.45) is 5.73 Å². The van der Waals surface area contributed by atoms with E-state index in [-0.39, 0.29) is 0 Å². The number of rotatable bonds is 4. The molecule has 0 unspecified atom stereocenters. The van der Waals surface area contributed by atoms with Gasteiger partial charge in [-0.1, -0.05) is 30.3 Å². The van der Waals surface area contributed by atoms with Gasteiger partial charge in [0.1, 0.15) is 19.0 Å². The Morgan fingerprint density at radius 3 is 2.52 bits per heavy atom. The van der Waals surface area contributed by atoms with Gasteiger partial charge < -0.3 is 19.8 Å². The second-order valence-corrected chi connectivity index (χ2v) is 5.62. The van der Waals surface area contributed by atoms with Gasteiger partial charge in [0.2, 0.25) is 0 Å². The molecule has 23 heavy (non-hydrogen) atoms. The van der Waals surface area contributed by atoms with E-state index in [1.165, 1.54) is 5.56 Å². The summed E-state index contributed by atoms with van der Waals surface area (Å²) >= 11 is 0. The lowest BCUT2D eigenvalue weighted by atomic mass is 10.2. The first-order valence-electron chi connectivity index (χ1n) is 7.88. The molecule has 0 fully saturated rings. The van der Waals surface area contributed by atoms with Gasteiger partial charge in [-0.3, -0.25) is 0 Å². The van der Waals surface area contributed by atoms with Crippen LogP contribution in [0.4, 0.5) is 0 Å². The van der Waals surface area contributed by atoms with Gasteiger partial charge in [-0.05, 0) is 12.1 Å². The highest BCUT2D eigenvalue weighted by Crippen LogP contribution is 2.35. The van der Waals surface area contributed by atoms with E-state index in [4.69, 9.17) is 20.2 Å². The van der Waals surface area contributed by atoms with E-state index >= 15 is 0 Å². The van der Waals surface area contributed by atoms with Crippen LogP contribution in [0.5, 0.6) is 11.5 Å². The van der Waals surface area contributed by atoms with Crippen LogP contribution in [0, 0.1) is 0 Å². The SMILES string of the molecule is NCCc1nc2cc3c(cc2n1Cc1ccccc1)OCCO3. The van der Waals surface area contributed by atoms with Crippen molar-refractivity contribution in [2.45, 2.75) is 13.0 Å². The van der Waals surface area contributed by atoms with Crippen LogP contribution >= 0.6 is 0 Å². The molecule has 2 aromatic carbocycles. The molecule has 2 heterocycles. The molecule has 0 spiro atoms. The lowest BCUT2D eigenvalue weighted by Crippen LogP contribution is -2.15. The van der Waals surface area contributed by atoms with Crippen LogP contribution in [0.1, 0.15) is 11.4 Å². The molecule has 0 aliphatic carbocycles. The van der Waals surface area contributed by atoms with Crippen LogP contribution in [0.3, 0.4) is 0 Å². The Kier molecular flexibility index (Phi) is 3.63. The van der Waals surface area contributed by atoms with Crippen molar-refractivity contribution in [1.29, 1.82) is 0 Å². The first-order valence-corrected chi connectivity index (χ1v) is 7.88. The molecule has 118 valence electrons. The van der Waals surface area contributed by atoms with Crippen molar-refractivity contribution in [2.75, 3.05) is 19.8 Å². The molecule has 2 N–H and O–H groups in total. The van der Waals surface area contributed by atoms with Crippen LogP contribution in [-0.4, -0.2) is 29.3 Å². The monoisotopic (exact) mass is 309 g/mol. The van der Waals surface area contributed by atoms with Crippen LogP contribution in [0.2, 0.25) is 0 Å². The van der Waals surface area contributed by atoms with Gasteiger partial charge >= 0.3 is 0 Å². The lowest BCUT2D eigenvalue weighted by molar-refractivity contribution is 0.172. The predicted octanol–water partition coefficient (Wildman–Crippen LogP) is 2.36. The van der Waals surface area contributed by atoms with Gasteiger partial charge in [-0.2, -0.15) is 0 Å². The van der Waals surface area contributed by atoms with Crippen molar-refractivity contribution in [3.63, 3.8) is 0 Å². The second-order valence-electron chi connectivity index (χ2n) is 5.62. The second kappa shape index (κ2) is 5.93. The van der Waals surface area contributed by atoms with Crippen molar-refractivity contribution >= 4 is 11.0 Å². The molecule has 1 aliphatic rings. The third-order valence-corrected chi connectivity index (χ3v) is 4.04. The Labute approximate surface area is 134 Å². The number of fused-ring (bicyclic) bond motifs is 2. The highest BCUT2D eigenvalue weighted by atomic mass is 16.6. The minimum absolute atomic E-state index is 0.574. The summed E-state index contributed by atoms with van der Waals surface area (Å²) in [5.41, 5.74) is 8.98. The number of imidazole rings is 1. The van der Waals surface area contributed by atoms with Crippen molar-refractivity contribution in [3.05, 3.63) is 53.9 Å². The smallest absolute Gasteiger partial charge is 0.163 e. The average Bonchev–Trinajstić information content (AvgIpc) is 2.91. The van der Waals surface area contributed by atoms with Crippen molar-refractivity contribution < 1.29 is 9.47 Å². The summed E-state index contributed by atoms with van der Waals surface area (Å²) in [6.45, 7) is 2.51. The molecule has 0 saturated carbocycles. The third kappa shape index (κ3) is 2.64. The molecule has 0 amide bonds. The fourth-order valence-electron chi connectivity index (χ4n) is 2.97. The zero-order valence-corrected chi connectivity index (χ0v) is 12.9. The topological polar surface area (TPSA) is 62.3 Å². The highest BCUT2D eigenvalue weighted by molar-refractivity contribution is 5.81. The maximum atomic E-state index is 5.76. The largest absolute Gasteiger partial charge is 0.486 e. The van der Waals surface area contributed by atoms with E-state index in [0.29, 0.717) is 19.8 Å². The van der Waals surface area contributed by atoms with Crippen LogP contribution < -0.4 is 15.2 Å². The fourth-order valence-corrected chi connectivity index (χ4v) is 2.97. The van der Waals surface area contributed by atoms with Crippen molar-refractivity contribution in [3.8, 4) is 11.5 Å². The Balaban J connectivity index is 1.83. The molecule has 0 radical (unpaired) electrons. The minimum Gasteiger partial charge on any atom is -0.486 e. The fraction of sp³-hybridized carbons (Fsp3) is 0.278. The van der Waals surface area contributed by atoms with E-state index in [9.17, 15) is 0 Å². The number of ether oxygens (including phenoxy) is 2. The Morgan fingerprint density at radius 2 is 1.78 bits per heavy atom. The van der Waals surface area contributed by atoms with Gasteiger partial charge in [0.05, 0.1) is 11.0 Å². The number of hydrogen-bond acceptors (Lipinski definition) is 4. The van der Waals surface area contributed by atoms with Gasteiger partial charge in [-0.25, -0.2) is 4.98 Å². The molecule has 3 aromatic rings. The lowest BCUT2D eigenvalue weighted by Gasteiger charge is -2.18. The van der Waals surface area contributed by atoms with E-state index in [0.717, 1.165) is 41.3 Å². The summed E-state index contributed by atoms with van der Waals surface area (Å²) in [5.74, 6) is 2.55. The van der Waals surface area contributed by atoms with E-state index in [1.807, 2.05) is 18.2 Å². The van der Waals surface area contributed by atoms with Gasteiger partial charge in [-0.15, -0.1) is 0 Å². The molecular formula is C18H19N3O2. The number of benzene rings is 2. The predicted molar refractivity (Wildman–Crippen MR) is 89.0 cm³/mol. The van der Waals surface area contributed by atoms with Crippen molar-refractivity contribution in [1.82, 2.24) is 9.55 Å². The normalized spacial score (nSPS) is 13.4. The molecule has 1 aliphatic heterocycles. The summed E-state index contributed by atoms with van der Waals surface area (Å²) in [4.78, 5) is 4.75. The maximum absolute atomic E-state index is 5.76. The molecular weight excluding hydrogens is 290 g/mol. The van der Waals surface area contributed by atoms with E-state index < -0.39 is 0 Å². The summed E-state index contributed by atoms with van der Waals surface area (Å²) in [6.07, 6.45) is 0.744.